The molecule has 1 N–H and O–H groups in total. The van der Waals surface area contributed by atoms with Gasteiger partial charge in [-0.15, -0.1) is 0 Å². The van der Waals surface area contributed by atoms with Crippen LogP contribution >= 0.6 is 0 Å². The second kappa shape index (κ2) is 10.6. The number of amides is 1. The number of likely N-dealkylation sites (tertiary alicyclic amines) is 1. The van der Waals surface area contributed by atoms with Crippen LogP contribution in [0.5, 0.6) is 5.75 Å². The van der Waals surface area contributed by atoms with E-state index in [1.54, 1.807) is 0 Å². The lowest BCUT2D eigenvalue weighted by Crippen LogP contribution is -2.40. The molecule has 1 heterocycles. The van der Waals surface area contributed by atoms with E-state index in [0.717, 1.165) is 18.8 Å². The molecule has 1 aliphatic rings. The van der Waals surface area contributed by atoms with Crippen LogP contribution in [0.1, 0.15) is 80.4 Å². The Morgan fingerprint density at radius 2 is 1.50 bits per heavy atom. The lowest BCUT2D eigenvalue weighted by Gasteiger charge is -2.35. The largest absolute Gasteiger partial charge is 0.491 e. The average molecular weight is 409 g/mol. The Bertz CT molecular complexity index is 791. The van der Waals surface area contributed by atoms with E-state index < -0.39 is 0 Å². The van der Waals surface area contributed by atoms with Crippen molar-refractivity contribution < 1.29 is 9.53 Å². The molecule has 3 rings (SSSR count). The van der Waals surface area contributed by atoms with Crippen molar-refractivity contribution in [2.75, 3.05) is 19.6 Å². The summed E-state index contributed by atoms with van der Waals surface area (Å²) in [7, 11) is 0. The summed E-state index contributed by atoms with van der Waals surface area (Å²) in [5, 5.41) is 3.17. The molecule has 30 heavy (non-hydrogen) atoms. The van der Waals surface area contributed by atoms with Gasteiger partial charge in [-0.1, -0.05) is 44.5 Å². The number of piperidine rings is 1. The van der Waals surface area contributed by atoms with Crippen LogP contribution < -0.4 is 10.1 Å². The second-order valence-corrected chi connectivity index (χ2v) is 8.83. The highest BCUT2D eigenvalue weighted by Gasteiger charge is 2.23. The van der Waals surface area contributed by atoms with Crippen LogP contribution in [0.3, 0.4) is 0 Å². The maximum Gasteiger partial charge on any atom is 0.251 e. The predicted octanol–water partition coefficient (Wildman–Crippen LogP) is 5.55. The summed E-state index contributed by atoms with van der Waals surface area (Å²) in [5.74, 6) is 1.28. The Balaban J connectivity index is 1.69. The lowest BCUT2D eigenvalue weighted by atomic mass is 9.97. The van der Waals surface area contributed by atoms with Crippen molar-refractivity contribution in [3.8, 4) is 5.75 Å². The topological polar surface area (TPSA) is 41.6 Å². The molecule has 0 radical (unpaired) electrons. The number of carbonyl (C=O) groups excluding carboxylic acids is 1. The quantitative estimate of drug-likeness (QED) is 0.622. The van der Waals surface area contributed by atoms with E-state index in [0.29, 0.717) is 18.0 Å². The maximum absolute atomic E-state index is 12.8. The molecule has 0 saturated carbocycles. The molecule has 0 spiro atoms. The normalized spacial score (nSPS) is 15.9. The van der Waals surface area contributed by atoms with Gasteiger partial charge >= 0.3 is 0 Å². The lowest BCUT2D eigenvalue weighted by molar-refractivity contribution is 0.0924. The van der Waals surface area contributed by atoms with E-state index in [9.17, 15) is 4.79 Å². The molecule has 2 aromatic rings. The Kier molecular flexibility index (Phi) is 7.92. The maximum atomic E-state index is 12.8. The molecule has 162 valence electrons. The molecule has 1 saturated heterocycles. The van der Waals surface area contributed by atoms with Crippen molar-refractivity contribution in [1.82, 2.24) is 10.2 Å². The molecule has 4 heteroatoms. The third-order valence-corrected chi connectivity index (χ3v) is 5.76. The second-order valence-electron chi connectivity index (χ2n) is 8.83. The van der Waals surface area contributed by atoms with Crippen molar-refractivity contribution in [1.29, 1.82) is 0 Å². The monoisotopic (exact) mass is 408 g/mol. The molecule has 0 bridgehead atoms. The van der Waals surface area contributed by atoms with Crippen LogP contribution in [0.4, 0.5) is 0 Å². The van der Waals surface area contributed by atoms with Crippen LogP contribution in [0.15, 0.2) is 48.5 Å². The summed E-state index contributed by atoms with van der Waals surface area (Å²) >= 11 is 0. The third-order valence-electron chi connectivity index (χ3n) is 5.76. The molecule has 0 aromatic heterocycles. The van der Waals surface area contributed by atoms with Gasteiger partial charge in [0.05, 0.1) is 12.1 Å². The van der Waals surface area contributed by atoms with E-state index in [-0.39, 0.29) is 18.1 Å². The van der Waals surface area contributed by atoms with Crippen molar-refractivity contribution in [3.63, 3.8) is 0 Å². The van der Waals surface area contributed by atoms with Crippen molar-refractivity contribution >= 4 is 5.91 Å². The molecule has 0 aliphatic carbocycles. The van der Waals surface area contributed by atoms with Crippen LogP contribution in [0.2, 0.25) is 0 Å². The van der Waals surface area contributed by atoms with Crippen LogP contribution in [0, 0.1) is 0 Å². The first kappa shape index (κ1) is 22.4. The summed E-state index contributed by atoms with van der Waals surface area (Å²) in [5.41, 5.74) is 3.30. The third kappa shape index (κ3) is 6.09. The first-order valence-corrected chi connectivity index (χ1v) is 11.3. The van der Waals surface area contributed by atoms with Gasteiger partial charge in [-0.05, 0) is 81.1 Å². The highest BCUT2D eigenvalue weighted by Crippen LogP contribution is 2.26. The number of hydrogen-bond acceptors (Lipinski definition) is 3. The van der Waals surface area contributed by atoms with E-state index in [4.69, 9.17) is 4.74 Å². The van der Waals surface area contributed by atoms with Gasteiger partial charge in [0.1, 0.15) is 5.75 Å². The number of hydrogen-bond donors (Lipinski definition) is 1. The number of carbonyl (C=O) groups is 1. The number of ether oxygens (including phenoxy) is 1. The molecule has 1 fully saturated rings. The molecular weight excluding hydrogens is 372 g/mol. The highest BCUT2D eigenvalue weighted by atomic mass is 16.5. The van der Waals surface area contributed by atoms with Crippen LogP contribution in [0.25, 0.3) is 0 Å². The van der Waals surface area contributed by atoms with Crippen LogP contribution in [-0.2, 0) is 0 Å². The smallest absolute Gasteiger partial charge is 0.251 e. The first-order chi connectivity index (χ1) is 14.4. The van der Waals surface area contributed by atoms with Gasteiger partial charge in [-0.25, -0.2) is 0 Å². The molecule has 4 nitrogen and oxygen atoms in total. The standard InChI is InChI=1S/C26H36N2O2/c1-19(2)21-8-10-22(11-9-21)25(28-16-6-5-7-17-28)18-27-26(29)23-12-14-24(15-13-23)30-20(3)4/h8-15,19-20,25H,5-7,16-18H2,1-4H3,(H,27,29)/t25-/m0/s1. The summed E-state index contributed by atoms with van der Waals surface area (Å²) in [6.45, 7) is 11.2. The minimum atomic E-state index is -0.0353. The summed E-state index contributed by atoms with van der Waals surface area (Å²) in [6.07, 6.45) is 3.88. The number of rotatable bonds is 8. The van der Waals surface area contributed by atoms with Crippen molar-refractivity contribution in [2.45, 2.75) is 65.0 Å². The zero-order valence-electron chi connectivity index (χ0n) is 18.9. The van der Waals surface area contributed by atoms with Crippen LogP contribution in [-0.4, -0.2) is 36.5 Å². The zero-order chi connectivity index (χ0) is 21.5. The molecule has 2 aromatic carbocycles. The molecule has 1 aliphatic heterocycles. The van der Waals surface area contributed by atoms with E-state index in [2.05, 4.69) is 48.3 Å². The Morgan fingerprint density at radius 3 is 2.07 bits per heavy atom. The van der Waals surface area contributed by atoms with E-state index in [1.165, 1.54) is 30.4 Å². The summed E-state index contributed by atoms with van der Waals surface area (Å²) < 4.78 is 5.67. The SMILES string of the molecule is CC(C)Oc1ccc(C(=O)NC[C@@H](c2ccc(C(C)C)cc2)N2CCCCC2)cc1. The minimum absolute atomic E-state index is 0.0353. The number of nitrogens with one attached hydrogen (secondary N) is 1. The van der Waals surface area contributed by atoms with Gasteiger partial charge in [0.15, 0.2) is 0 Å². The predicted molar refractivity (Wildman–Crippen MR) is 123 cm³/mol. The Labute approximate surface area is 181 Å². The molecular formula is C26H36N2O2. The fourth-order valence-electron chi connectivity index (χ4n) is 4.04. The van der Waals surface area contributed by atoms with Gasteiger partial charge < -0.3 is 10.1 Å². The minimum Gasteiger partial charge on any atom is -0.491 e. The zero-order valence-corrected chi connectivity index (χ0v) is 18.9. The van der Waals surface area contributed by atoms with E-state index in [1.807, 2.05) is 38.1 Å². The average Bonchev–Trinajstić information content (AvgIpc) is 2.75. The molecule has 0 unspecified atom stereocenters. The Morgan fingerprint density at radius 1 is 0.900 bits per heavy atom. The number of nitrogens with zero attached hydrogens (tertiary/aromatic N) is 1. The fourth-order valence-corrected chi connectivity index (χ4v) is 4.04. The van der Waals surface area contributed by atoms with Gasteiger partial charge in [-0.3, -0.25) is 9.69 Å². The fraction of sp³-hybridized carbons (Fsp3) is 0.500. The van der Waals surface area contributed by atoms with Gasteiger partial charge in [-0.2, -0.15) is 0 Å². The van der Waals surface area contributed by atoms with Gasteiger partial charge in [0, 0.05) is 12.1 Å². The van der Waals surface area contributed by atoms with E-state index >= 15 is 0 Å². The number of benzene rings is 2. The van der Waals surface area contributed by atoms with Gasteiger partial charge in [0.2, 0.25) is 0 Å². The highest BCUT2D eigenvalue weighted by molar-refractivity contribution is 5.94. The van der Waals surface area contributed by atoms with Crippen molar-refractivity contribution in [2.24, 2.45) is 0 Å². The molecule has 1 amide bonds. The summed E-state index contributed by atoms with van der Waals surface area (Å²) in [6, 6.07) is 16.5. The van der Waals surface area contributed by atoms with Crippen molar-refractivity contribution in [3.05, 3.63) is 65.2 Å². The Hall–Kier alpha value is -2.33. The molecule has 1 atom stereocenters. The summed E-state index contributed by atoms with van der Waals surface area (Å²) in [4.78, 5) is 15.3. The van der Waals surface area contributed by atoms with Gasteiger partial charge in [0.25, 0.3) is 5.91 Å². The first-order valence-electron chi connectivity index (χ1n) is 11.3.